The van der Waals surface area contributed by atoms with E-state index in [0.717, 1.165) is 56.2 Å². The van der Waals surface area contributed by atoms with Gasteiger partial charge in [0, 0.05) is 22.7 Å². The molecule has 2 aromatic carbocycles. The smallest absolute Gasteiger partial charge is 0.248 e. The zero-order chi connectivity index (χ0) is 20.2. The lowest BCUT2D eigenvalue weighted by Gasteiger charge is -2.32. The molecule has 0 saturated carbocycles. The average molecular weight is 392 g/mol. The highest BCUT2D eigenvalue weighted by molar-refractivity contribution is 5.97. The summed E-state index contributed by atoms with van der Waals surface area (Å²) in [7, 11) is 0. The maximum Gasteiger partial charge on any atom is 0.248 e. The Bertz CT molecular complexity index is 987. The van der Waals surface area contributed by atoms with Crippen LogP contribution >= 0.6 is 0 Å². The molecule has 1 amide bonds. The van der Waals surface area contributed by atoms with Crippen molar-refractivity contribution in [2.45, 2.75) is 38.0 Å². The van der Waals surface area contributed by atoms with Gasteiger partial charge in [-0.3, -0.25) is 4.79 Å². The Morgan fingerprint density at radius 3 is 2.72 bits per heavy atom. The Balaban J connectivity index is 1.24. The number of nitrogens with zero attached hydrogens (tertiary/aromatic N) is 1. The normalized spacial score (nSPS) is 15.7. The van der Waals surface area contributed by atoms with E-state index in [0.29, 0.717) is 17.2 Å². The topological polar surface area (TPSA) is 82.4 Å². The summed E-state index contributed by atoms with van der Waals surface area (Å²) >= 11 is 0. The fraction of sp³-hybridized carbons (Fsp3) is 0.375. The van der Waals surface area contributed by atoms with E-state index < -0.39 is 0 Å². The second-order valence-corrected chi connectivity index (χ2v) is 8.11. The molecule has 0 spiro atoms. The Hall–Kier alpha value is -2.79. The second kappa shape index (κ2) is 8.70. The summed E-state index contributed by atoms with van der Waals surface area (Å²) in [5.41, 5.74) is 9.55. The van der Waals surface area contributed by atoms with Crippen LogP contribution in [0.5, 0.6) is 5.75 Å². The van der Waals surface area contributed by atoms with Gasteiger partial charge in [-0.1, -0.05) is 12.1 Å². The van der Waals surface area contributed by atoms with E-state index in [-0.39, 0.29) is 5.91 Å². The maximum atomic E-state index is 11.4. The summed E-state index contributed by atoms with van der Waals surface area (Å²) in [6.07, 6.45) is 7.65. The number of carbonyl (C=O) groups excluding carboxylic acids is 1. The third kappa shape index (κ3) is 4.62. The van der Waals surface area contributed by atoms with Crippen LogP contribution in [-0.4, -0.2) is 40.5 Å². The van der Waals surface area contributed by atoms with Crippen LogP contribution in [0.25, 0.3) is 10.9 Å². The number of hydrogen-bond acceptors (Lipinski definition) is 3. The Morgan fingerprint density at radius 1 is 1.14 bits per heavy atom. The number of fused-ring (bicyclic) bond motifs is 1. The van der Waals surface area contributed by atoms with Crippen LogP contribution in [0.2, 0.25) is 0 Å². The monoisotopic (exact) mass is 391 g/mol. The molecule has 29 heavy (non-hydrogen) atoms. The number of aromatic hydroxyl groups is 1. The van der Waals surface area contributed by atoms with Crippen LogP contribution in [0.1, 0.15) is 53.1 Å². The van der Waals surface area contributed by atoms with Gasteiger partial charge in [0.05, 0.1) is 0 Å². The third-order valence-corrected chi connectivity index (χ3v) is 6.15. The number of nitrogens with one attached hydrogen (secondary N) is 1. The molecule has 1 saturated heterocycles. The van der Waals surface area contributed by atoms with Gasteiger partial charge in [-0.2, -0.15) is 0 Å². The number of aromatic amines is 1. The zero-order valence-corrected chi connectivity index (χ0v) is 16.7. The number of amides is 1. The molecule has 1 aliphatic heterocycles. The van der Waals surface area contributed by atoms with Gasteiger partial charge < -0.3 is 20.7 Å². The first-order chi connectivity index (χ1) is 14.1. The van der Waals surface area contributed by atoms with Crippen LogP contribution in [-0.2, 0) is 6.42 Å². The zero-order valence-electron chi connectivity index (χ0n) is 16.7. The molecule has 1 aromatic heterocycles. The largest absolute Gasteiger partial charge is 0.508 e. The quantitative estimate of drug-likeness (QED) is 0.529. The van der Waals surface area contributed by atoms with E-state index in [1.54, 1.807) is 12.1 Å². The van der Waals surface area contributed by atoms with E-state index in [1.165, 1.54) is 17.5 Å². The SMILES string of the molecule is NC(=O)c1ccc2[nH]cc(CCCCN3CCC(c4cccc(O)c4)CC3)c2c1. The number of unbranched alkanes of at least 4 members (excludes halogenated alkanes) is 1. The van der Waals surface area contributed by atoms with Gasteiger partial charge in [0.15, 0.2) is 0 Å². The van der Waals surface area contributed by atoms with Crippen molar-refractivity contribution in [1.29, 1.82) is 0 Å². The van der Waals surface area contributed by atoms with Gasteiger partial charge in [-0.05, 0) is 99.1 Å². The Morgan fingerprint density at radius 2 is 1.97 bits per heavy atom. The molecule has 4 N–H and O–H groups in total. The first kappa shape index (κ1) is 19.5. The predicted octanol–water partition coefficient (Wildman–Crippen LogP) is 4.17. The highest BCUT2D eigenvalue weighted by Gasteiger charge is 2.20. The summed E-state index contributed by atoms with van der Waals surface area (Å²) in [6.45, 7) is 3.37. The van der Waals surface area contributed by atoms with Gasteiger partial charge in [-0.15, -0.1) is 0 Å². The number of carbonyl (C=O) groups is 1. The van der Waals surface area contributed by atoms with Crippen molar-refractivity contribution in [2.75, 3.05) is 19.6 Å². The number of benzene rings is 2. The minimum atomic E-state index is -0.381. The molecule has 0 aliphatic carbocycles. The molecular formula is C24H29N3O2. The van der Waals surface area contributed by atoms with Crippen molar-refractivity contribution in [3.05, 3.63) is 65.4 Å². The molecule has 3 aromatic rings. The second-order valence-electron chi connectivity index (χ2n) is 8.11. The lowest BCUT2D eigenvalue weighted by atomic mass is 9.89. The first-order valence-electron chi connectivity index (χ1n) is 10.5. The molecule has 0 atom stereocenters. The molecule has 5 nitrogen and oxygen atoms in total. The number of phenols is 1. The minimum Gasteiger partial charge on any atom is -0.508 e. The van der Waals surface area contributed by atoms with E-state index in [1.807, 2.05) is 24.3 Å². The third-order valence-electron chi connectivity index (χ3n) is 6.15. The van der Waals surface area contributed by atoms with Gasteiger partial charge in [-0.25, -0.2) is 0 Å². The minimum absolute atomic E-state index is 0.366. The number of primary amides is 1. The Kier molecular flexibility index (Phi) is 5.86. The number of H-pyrrole nitrogens is 1. The van der Waals surface area contributed by atoms with E-state index in [9.17, 15) is 9.90 Å². The highest BCUT2D eigenvalue weighted by Crippen LogP contribution is 2.30. The number of aryl methyl sites for hydroxylation is 1. The molecule has 1 fully saturated rings. The van der Waals surface area contributed by atoms with Gasteiger partial charge in [0.1, 0.15) is 5.75 Å². The highest BCUT2D eigenvalue weighted by atomic mass is 16.3. The summed E-state index contributed by atoms with van der Waals surface area (Å²) in [6, 6.07) is 13.3. The van der Waals surface area contributed by atoms with Crippen LogP contribution < -0.4 is 5.73 Å². The van der Waals surface area contributed by atoms with E-state index >= 15 is 0 Å². The van der Waals surface area contributed by atoms with Crippen molar-refractivity contribution in [3.63, 3.8) is 0 Å². The molecule has 2 heterocycles. The van der Waals surface area contributed by atoms with Crippen molar-refractivity contribution in [2.24, 2.45) is 5.73 Å². The fourth-order valence-corrected chi connectivity index (χ4v) is 4.46. The summed E-state index contributed by atoms with van der Waals surface area (Å²) in [4.78, 5) is 17.3. The number of nitrogens with two attached hydrogens (primary N) is 1. The summed E-state index contributed by atoms with van der Waals surface area (Å²) < 4.78 is 0. The van der Waals surface area contributed by atoms with Crippen molar-refractivity contribution < 1.29 is 9.90 Å². The van der Waals surface area contributed by atoms with Crippen molar-refractivity contribution >= 4 is 16.8 Å². The standard InChI is InChI=1S/C24H29N3O2/c25-24(29)19-7-8-23-22(15-19)20(16-26-23)4-1-2-11-27-12-9-17(10-13-27)18-5-3-6-21(28)14-18/h3,5-8,14-17,26,28H,1-2,4,9-13H2,(H2,25,29). The summed E-state index contributed by atoms with van der Waals surface area (Å²) in [5.74, 6) is 0.544. The molecule has 152 valence electrons. The van der Waals surface area contributed by atoms with Gasteiger partial charge >= 0.3 is 0 Å². The molecule has 0 unspecified atom stereocenters. The van der Waals surface area contributed by atoms with Crippen LogP contribution in [0.3, 0.4) is 0 Å². The van der Waals surface area contributed by atoms with Crippen LogP contribution in [0.15, 0.2) is 48.7 Å². The average Bonchev–Trinajstić information content (AvgIpc) is 3.14. The number of rotatable bonds is 7. The maximum absolute atomic E-state index is 11.4. The van der Waals surface area contributed by atoms with Crippen LogP contribution in [0.4, 0.5) is 0 Å². The van der Waals surface area contributed by atoms with Gasteiger partial charge in [0.2, 0.25) is 5.91 Å². The lowest BCUT2D eigenvalue weighted by Crippen LogP contribution is -2.33. The number of aromatic nitrogens is 1. The lowest BCUT2D eigenvalue weighted by molar-refractivity contribution is 0.100. The predicted molar refractivity (Wildman–Crippen MR) is 116 cm³/mol. The number of phenolic OH excluding ortho intramolecular Hbond substituents is 1. The van der Waals surface area contributed by atoms with E-state index in [4.69, 9.17) is 5.73 Å². The van der Waals surface area contributed by atoms with E-state index in [2.05, 4.69) is 22.1 Å². The summed E-state index contributed by atoms with van der Waals surface area (Å²) in [5, 5.41) is 10.8. The van der Waals surface area contributed by atoms with Gasteiger partial charge in [0.25, 0.3) is 0 Å². The van der Waals surface area contributed by atoms with Crippen LogP contribution in [0, 0.1) is 0 Å². The molecular weight excluding hydrogens is 362 g/mol. The Labute approximate surface area is 171 Å². The first-order valence-corrected chi connectivity index (χ1v) is 10.5. The molecule has 0 radical (unpaired) electrons. The van der Waals surface area contributed by atoms with Crippen molar-refractivity contribution in [3.8, 4) is 5.75 Å². The van der Waals surface area contributed by atoms with Crippen molar-refractivity contribution in [1.82, 2.24) is 9.88 Å². The molecule has 4 rings (SSSR count). The fourth-order valence-electron chi connectivity index (χ4n) is 4.46. The number of piperidine rings is 1. The molecule has 1 aliphatic rings. The number of likely N-dealkylation sites (tertiary alicyclic amines) is 1. The molecule has 5 heteroatoms. The molecule has 0 bridgehead atoms. The number of hydrogen-bond donors (Lipinski definition) is 3.